The summed E-state index contributed by atoms with van der Waals surface area (Å²) in [5, 5.41) is 14.8. The van der Waals surface area contributed by atoms with Crippen molar-refractivity contribution in [2.75, 3.05) is 18.6 Å². The van der Waals surface area contributed by atoms with Crippen LogP contribution in [-0.2, 0) is 0 Å². The number of hydrogen-bond donors (Lipinski definition) is 3. The molecule has 0 rings (SSSR count). The maximum absolute atomic E-state index is 8.50. The number of nitrogens with zero attached hydrogens (tertiary/aromatic N) is 1. The molecule has 84 valence electrons. The summed E-state index contributed by atoms with van der Waals surface area (Å²) < 4.78 is 0. The molecule has 0 radical (unpaired) electrons. The first-order valence-electron chi connectivity index (χ1n) is 4.96. The highest BCUT2D eigenvalue weighted by atomic mass is 32.2. The highest BCUT2D eigenvalue weighted by Crippen LogP contribution is 1.99. The fraction of sp³-hybridized carbons (Fsp3) is 0.889. The number of nitrogens with two attached hydrogens (primary N) is 1. The van der Waals surface area contributed by atoms with Gasteiger partial charge in [-0.15, -0.1) is 0 Å². The maximum Gasteiger partial charge on any atom is 0.156 e. The number of thioether (sulfide) groups is 1. The van der Waals surface area contributed by atoms with Gasteiger partial charge in [-0.3, -0.25) is 0 Å². The SMILES string of the molecule is CCC(NCCCCSC)C(N)=NO. The first-order valence-corrected chi connectivity index (χ1v) is 6.35. The zero-order valence-electron chi connectivity index (χ0n) is 8.99. The Labute approximate surface area is 90.3 Å². The molecule has 0 saturated carbocycles. The third-order valence-corrected chi connectivity index (χ3v) is 2.74. The minimum absolute atomic E-state index is 0.00859. The highest BCUT2D eigenvalue weighted by Gasteiger charge is 2.09. The van der Waals surface area contributed by atoms with Gasteiger partial charge in [0.1, 0.15) is 0 Å². The van der Waals surface area contributed by atoms with E-state index in [0.29, 0.717) is 0 Å². The van der Waals surface area contributed by atoms with Crippen LogP contribution in [0, 0.1) is 0 Å². The van der Waals surface area contributed by atoms with Gasteiger partial charge in [-0.25, -0.2) is 0 Å². The second-order valence-electron chi connectivity index (χ2n) is 3.14. The van der Waals surface area contributed by atoms with E-state index in [1.807, 2.05) is 18.7 Å². The molecule has 0 aromatic heterocycles. The quantitative estimate of drug-likeness (QED) is 0.189. The van der Waals surface area contributed by atoms with E-state index >= 15 is 0 Å². The van der Waals surface area contributed by atoms with Crippen LogP contribution in [0.2, 0.25) is 0 Å². The van der Waals surface area contributed by atoms with Crippen molar-refractivity contribution in [1.29, 1.82) is 0 Å². The van der Waals surface area contributed by atoms with Gasteiger partial charge in [0, 0.05) is 0 Å². The van der Waals surface area contributed by atoms with Gasteiger partial charge in [0.05, 0.1) is 6.04 Å². The minimum atomic E-state index is 0.00859. The molecule has 1 atom stereocenters. The van der Waals surface area contributed by atoms with Gasteiger partial charge in [0.25, 0.3) is 0 Å². The number of oxime groups is 1. The summed E-state index contributed by atoms with van der Waals surface area (Å²) in [6, 6.07) is 0.00859. The molecule has 0 saturated heterocycles. The van der Waals surface area contributed by atoms with Crippen LogP contribution in [0.15, 0.2) is 5.16 Å². The molecular formula is C9H21N3OS. The van der Waals surface area contributed by atoms with Gasteiger partial charge in [0.2, 0.25) is 0 Å². The van der Waals surface area contributed by atoms with Crippen LogP contribution in [0.5, 0.6) is 0 Å². The van der Waals surface area contributed by atoms with Crippen molar-refractivity contribution in [2.45, 2.75) is 32.2 Å². The fourth-order valence-corrected chi connectivity index (χ4v) is 1.67. The Balaban J connectivity index is 3.53. The molecule has 0 spiro atoms. The summed E-state index contributed by atoms with van der Waals surface area (Å²) >= 11 is 1.86. The normalized spacial score (nSPS) is 14.3. The summed E-state index contributed by atoms with van der Waals surface area (Å²) in [6.45, 7) is 2.94. The van der Waals surface area contributed by atoms with Crippen LogP contribution in [0.4, 0.5) is 0 Å². The van der Waals surface area contributed by atoms with Crippen LogP contribution in [0.1, 0.15) is 26.2 Å². The van der Waals surface area contributed by atoms with E-state index < -0.39 is 0 Å². The van der Waals surface area contributed by atoms with Gasteiger partial charge < -0.3 is 16.3 Å². The first-order chi connectivity index (χ1) is 6.76. The largest absolute Gasteiger partial charge is 0.409 e. The molecule has 0 bridgehead atoms. The molecule has 1 unspecified atom stereocenters. The summed E-state index contributed by atoms with van der Waals surface area (Å²) in [4.78, 5) is 0. The van der Waals surface area contributed by atoms with Crippen LogP contribution in [-0.4, -0.2) is 35.6 Å². The third kappa shape index (κ3) is 6.10. The molecule has 0 aliphatic heterocycles. The monoisotopic (exact) mass is 219 g/mol. The lowest BCUT2D eigenvalue weighted by atomic mass is 10.2. The van der Waals surface area contributed by atoms with E-state index in [1.54, 1.807) is 0 Å². The van der Waals surface area contributed by atoms with Crippen molar-refractivity contribution in [3.05, 3.63) is 0 Å². The Morgan fingerprint density at radius 2 is 2.29 bits per heavy atom. The molecule has 0 heterocycles. The van der Waals surface area contributed by atoms with Gasteiger partial charge in [0.15, 0.2) is 5.84 Å². The molecular weight excluding hydrogens is 198 g/mol. The molecule has 4 N–H and O–H groups in total. The van der Waals surface area contributed by atoms with Gasteiger partial charge >= 0.3 is 0 Å². The zero-order chi connectivity index (χ0) is 10.8. The molecule has 0 aromatic rings. The van der Waals surface area contributed by atoms with Crippen molar-refractivity contribution in [1.82, 2.24) is 5.32 Å². The predicted octanol–water partition coefficient (Wildman–Crippen LogP) is 1.24. The van der Waals surface area contributed by atoms with E-state index in [-0.39, 0.29) is 11.9 Å². The van der Waals surface area contributed by atoms with Crippen LogP contribution < -0.4 is 11.1 Å². The van der Waals surface area contributed by atoms with Gasteiger partial charge in [-0.05, 0) is 37.8 Å². The van der Waals surface area contributed by atoms with Crippen molar-refractivity contribution >= 4 is 17.6 Å². The van der Waals surface area contributed by atoms with Crippen LogP contribution >= 0.6 is 11.8 Å². The van der Waals surface area contributed by atoms with E-state index in [1.165, 1.54) is 12.2 Å². The van der Waals surface area contributed by atoms with Crippen molar-refractivity contribution in [3.8, 4) is 0 Å². The Kier molecular flexibility index (Phi) is 8.87. The number of amidine groups is 1. The number of hydrogen-bond acceptors (Lipinski definition) is 4. The molecule has 0 aliphatic carbocycles. The maximum atomic E-state index is 8.50. The lowest BCUT2D eigenvalue weighted by Crippen LogP contribution is -2.41. The second-order valence-corrected chi connectivity index (χ2v) is 4.13. The molecule has 0 fully saturated rings. The fourth-order valence-electron chi connectivity index (χ4n) is 1.18. The predicted molar refractivity (Wildman–Crippen MR) is 63.1 cm³/mol. The van der Waals surface area contributed by atoms with E-state index in [0.717, 1.165) is 19.4 Å². The van der Waals surface area contributed by atoms with E-state index in [2.05, 4.69) is 16.7 Å². The first kappa shape index (κ1) is 13.6. The number of unbranched alkanes of at least 4 members (excludes halogenated alkanes) is 1. The lowest BCUT2D eigenvalue weighted by molar-refractivity contribution is 0.314. The van der Waals surface area contributed by atoms with Crippen molar-refractivity contribution in [2.24, 2.45) is 10.9 Å². The average Bonchev–Trinajstić information content (AvgIpc) is 2.22. The Morgan fingerprint density at radius 1 is 1.57 bits per heavy atom. The van der Waals surface area contributed by atoms with Crippen LogP contribution in [0.3, 0.4) is 0 Å². The minimum Gasteiger partial charge on any atom is -0.409 e. The third-order valence-electron chi connectivity index (χ3n) is 2.05. The molecule has 5 heteroatoms. The topological polar surface area (TPSA) is 70.6 Å². The summed E-state index contributed by atoms with van der Waals surface area (Å²) in [5.41, 5.74) is 5.50. The molecule has 0 amide bonds. The summed E-state index contributed by atoms with van der Waals surface area (Å²) in [7, 11) is 0. The summed E-state index contributed by atoms with van der Waals surface area (Å²) in [6.07, 6.45) is 5.30. The van der Waals surface area contributed by atoms with Gasteiger partial charge in [-0.2, -0.15) is 11.8 Å². The van der Waals surface area contributed by atoms with Crippen molar-refractivity contribution < 1.29 is 5.21 Å². The highest BCUT2D eigenvalue weighted by molar-refractivity contribution is 7.98. The number of rotatable bonds is 8. The summed E-state index contributed by atoms with van der Waals surface area (Å²) in [5.74, 6) is 1.47. The van der Waals surface area contributed by atoms with E-state index in [9.17, 15) is 0 Å². The second kappa shape index (κ2) is 9.15. The molecule has 0 aromatic carbocycles. The zero-order valence-corrected chi connectivity index (χ0v) is 9.81. The molecule has 14 heavy (non-hydrogen) atoms. The van der Waals surface area contributed by atoms with Crippen LogP contribution in [0.25, 0.3) is 0 Å². The lowest BCUT2D eigenvalue weighted by Gasteiger charge is -2.14. The number of nitrogens with one attached hydrogen (secondary N) is 1. The van der Waals surface area contributed by atoms with Crippen molar-refractivity contribution in [3.63, 3.8) is 0 Å². The molecule has 0 aliphatic rings. The molecule has 4 nitrogen and oxygen atoms in total. The Morgan fingerprint density at radius 3 is 2.79 bits per heavy atom. The van der Waals surface area contributed by atoms with Gasteiger partial charge in [-0.1, -0.05) is 12.1 Å². The Bertz CT molecular complexity index is 164. The average molecular weight is 219 g/mol. The Hall–Kier alpha value is -0.420. The smallest absolute Gasteiger partial charge is 0.156 e. The van der Waals surface area contributed by atoms with E-state index in [4.69, 9.17) is 10.9 Å². The standard InChI is InChI=1S/C9H21N3OS/c1-3-8(9(10)12-13)11-6-4-5-7-14-2/h8,11,13H,3-7H2,1-2H3,(H2,10,12).